The number of carbonyl (C=O) groups excluding carboxylic acids is 1. The van der Waals surface area contributed by atoms with Gasteiger partial charge in [0.2, 0.25) is 0 Å². The molecule has 0 radical (unpaired) electrons. The van der Waals surface area contributed by atoms with Gasteiger partial charge in [-0.2, -0.15) is 8.42 Å². The number of ether oxygens (including phenoxy) is 1. The Morgan fingerprint density at radius 1 is 1.29 bits per heavy atom. The molecular formula is C10H12O6S. The van der Waals surface area contributed by atoms with E-state index < -0.39 is 16.4 Å². The van der Waals surface area contributed by atoms with Crippen LogP contribution in [-0.2, 0) is 15.1 Å². The first-order valence-electron chi connectivity index (χ1n) is 4.86. The molecule has 0 unspecified atom stereocenters. The molecule has 0 saturated heterocycles. The summed E-state index contributed by atoms with van der Waals surface area (Å²) in [6.45, 7) is 2.19. The Labute approximate surface area is 99.1 Å². The average molecular weight is 266 g/mol. The van der Waals surface area contributed by atoms with Crippen LogP contribution in [0.15, 0.2) is 24.3 Å². The number of hydrogen-bond acceptors (Lipinski definition) is 5. The minimum Gasteiger partial charge on any atom is -0.462 e. The van der Waals surface area contributed by atoms with Crippen molar-refractivity contribution in [1.29, 1.82) is 0 Å². The van der Waals surface area contributed by atoms with Crippen LogP contribution < -0.4 is 4.18 Å². The van der Waals surface area contributed by atoms with Crippen molar-refractivity contribution in [3.05, 3.63) is 29.8 Å². The maximum atomic E-state index is 11.4. The van der Waals surface area contributed by atoms with E-state index in [1.807, 2.05) is 6.92 Å². The van der Waals surface area contributed by atoms with E-state index in [-0.39, 0.29) is 11.3 Å². The van der Waals surface area contributed by atoms with Crippen LogP contribution in [0, 0.1) is 0 Å². The summed E-state index contributed by atoms with van der Waals surface area (Å²) in [7, 11) is -4.54. The van der Waals surface area contributed by atoms with Gasteiger partial charge in [0.25, 0.3) is 0 Å². The second kappa shape index (κ2) is 5.65. The highest BCUT2D eigenvalue weighted by Gasteiger charge is 2.09. The SMILES string of the molecule is CCCOC(=O)[13c]1[13cH][13cH][13c](OS(=O)(=O)O)[13cH][13cH]1. The van der Waals surface area contributed by atoms with Crippen LogP contribution in [0.3, 0.4) is 0 Å². The van der Waals surface area contributed by atoms with Gasteiger partial charge in [0.1, 0.15) is 5.75 Å². The summed E-state index contributed by atoms with van der Waals surface area (Å²) < 4.78 is 38.3. The number of rotatable bonds is 5. The minimum absolute atomic E-state index is 0.0838. The van der Waals surface area contributed by atoms with Gasteiger partial charge < -0.3 is 8.92 Å². The topological polar surface area (TPSA) is 89.9 Å². The van der Waals surface area contributed by atoms with Crippen molar-refractivity contribution in [3.63, 3.8) is 0 Å². The van der Waals surface area contributed by atoms with E-state index >= 15 is 0 Å². The normalized spacial score (nSPS) is 10.9. The van der Waals surface area contributed by atoms with Gasteiger partial charge in [-0.3, -0.25) is 4.55 Å². The van der Waals surface area contributed by atoms with Crippen LogP contribution in [0.1, 0.15) is 23.7 Å². The van der Waals surface area contributed by atoms with Gasteiger partial charge >= 0.3 is 16.4 Å². The molecule has 1 aromatic rings. The van der Waals surface area contributed by atoms with Crippen molar-refractivity contribution in [2.45, 2.75) is 13.3 Å². The Balaban J connectivity index is 2.71. The van der Waals surface area contributed by atoms with Crippen LogP contribution in [0.4, 0.5) is 0 Å². The van der Waals surface area contributed by atoms with Gasteiger partial charge in [0.05, 0.1) is 12.2 Å². The third kappa shape index (κ3) is 4.83. The molecule has 94 valence electrons. The van der Waals surface area contributed by atoms with Crippen molar-refractivity contribution in [2.24, 2.45) is 0 Å². The van der Waals surface area contributed by atoms with Crippen molar-refractivity contribution in [1.82, 2.24) is 0 Å². The molecule has 0 aromatic heterocycles. The number of benzene rings is 1. The number of carbonyl (C=O) groups is 1. The van der Waals surface area contributed by atoms with E-state index in [0.717, 1.165) is 6.42 Å². The summed E-state index contributed by atoms with van der Waals surface area (Å²) in [6.07, 6.45) is 0.718. The Bertz CT molecular complexity index is 476. The first-order chi connectivity index (χ1) is 7.92. The lowest BCUT2D eigenvalue weighted by molar-refractivity contribution is 0.0505. The van der Waals surface area contributed by atoms with E-state index in [1.165, 1.54) is 24.3 Å². The Morgan fingerprint density at radius 3 is 2.35 bits per heavy atom. The van der Waals surface area contributed by atoms with E-state index in [0.29, 0.717) is 6.61 Å². The quantitative estimate of drug-likeness (QED) is 0.640. The fourth-order valence-corrected chi connectivity index (χ4v) is 1.40. The molecule has 0 heterocycles. The van der Waals surface area contributed by atoms with E-state index in [4.69, 9.17) is 9.29 Å². The Hall–Kier alpha value is -1.60. The molecule has 0 aliphatic rings. The second-order valence-corrected chi connectivity index (χ2v) is 4.19. The summed E-state index contributed by atoms with van der Waals surface area (Å²) in [4.78, 5) is 11.4. The molecule has 0 bridgehead atoms. The highest BCUT2D eigenvalue weighted by molar-refractivity contribution is 7.81. The lowest BCUT2D eigenvalue weighted by Gasteiger charge is -2.04. The van der Waals surface area contributed by atoms with Gasteiger partial charge in [-0.1, -0.05) is 6.92 Å². The first kappa shape index (κ1) is 13.5. The molecule has 0 aliphatic heterocycles. The highest BCUT2D eigenvalue weighted by atomic mass is 32.3. The lowest BCUT2D eigenvalue weighted by atomic mass is 10.5. The first-order valence-corrected chi connectivity index (χ1v) is 6.23. The van der Waals surface area contributed by atoms with Crippen LogP contribution in [0.5, 0.6) is 5.75 Å². The monoisotopic (exact) mass is 266 g/mol. The maximum absolute atomic E-state index is 11.4. The summed E-state index contributed by atoms with van der Waals surface area (Å²) in [5.41, 5.74) is 0.279. The molecule has 17 heavy (non-hydrogen) atoms. The molecule has 0 atom stereocenters. The smallest absolute Gasteiger partial charge is 0.446 e. The average Bonchev–Trinajstić information content (AvgIpc) is 2.24. The van der Waals surface area contributed by atoms with E-state index in [2.05, 4.69) is 4.18 Å². The standard InChI is InChI=1S/C10H12O6S/c1-2-7-15-10(11)8-3-5-9(6-4-8)16-17(12,13)14/h3-6H,2,7H2,1H3,(H,12,13,14)/i3+1,4+1,5+1,6+1,8+1,9+1. The predicted molar refractivity (Wildman–Crippen MR) is 59.2 cm³/mol. The molecule has 7 heteroatoms. The van der Waals surface area contributed by atoms with Crippen molar-refractivity contribution >= 4 is 16.4 Å². The van der Waals surface area contributed by atoms with Crippen molar-refractivity contribution < 1.29 is 26.7 Å². The van der Waals surface area contributed by atoms with Crippen LogP contribution >= 0.6 is 0 Å². The minimum atomic E-state index is -4.54. The van der Waals surface area contributed by atoms with E-state index in [1.54, 1.807) is 0 Å². The molecule has 0 spiro atoms. The Kier molecular flexibility index (Phi) is 4.47. The van der Waals surface area contributed by atoms with E-state index in [9.17, 15) is 13.2 Å². The van der Waals surface area contributed by atoms with Crippen molar-refractivity contribution in [2.75, 3.05) is 6.61 Å². The molecule has 0 amide bonds. The zero-order valence-electron chi connectivity index (χ0n) is 9.12. The summed E-state index contributed by atoms with van der Waals surface area (Å²) in [5.74, 6) is -0.579. The second-order valence-electron chi connectivity index (χ2n) is 3.17. The van der Waals surface area contributed by atoms with Gasteiger partial charge in [0, 0.05) is 0 Å². The predicted octanol–water partition coefficient (Wildman–Crippen LogP) is 1.44. The molecular weight excluding hydrogens is 254 g/mol. The summed E-state index contributed by atoms with van der Waals surface area (Å²) in [5, 5.41) is 0. The third-order valence-electron chi connectivity index (χ3n) is 1.73. The maximum Gasteiger partial charge on any atom is 0.446 e. The molecule has 6 nitrogen and oxygen atoms in total. The zero-order chi connectivity index (χ0) is 12.9. The fraction of sp³-hybridized carbons (Fsp3) is 0.300. The summed E-state index contributed by atoms with van der Waals surface area (Å²) in [6, 6.07) is 5.18. The fourth-order valence-electron chi connectivity index (χ4n) is 1.05. The van der Waals surface area contributed by atoms with Gasteiger partial charge in [0.15, 0.2) is 0 Å². The molecule has 1 aromatic carbocycles. The van der Waals surface area contributed by atoms with Gasteiger partial charge in [-0.25, -0.2) is 4.79 Å². The number of esters is 1. The molecule has 0 fully saturated rings. The highest BCUT2D eigenvalue weighted by Crippen LogP contribution is 2.14. The molecule has 0 aliphatic carbocycles. The van der Waals surface area contributed by atoms with Gasteiger partial charge in [-0.15, -0.1) is 0 Å². The van der Waals surface area contributed by atoms with Crippen LogP contribution in [0.2, 0.25) is 0 Å². The van der Waals surface area contributed by atoms with Gasteiger partial charge in [-0.05, 0) is 30.7 Å². The van der Waals surface area contributed by atoms with Crippen LogP contribution in [-0.4, -0.2) is 25.5 Å². The Morgan fingerprint density at radius 2 is 1.88 bits per heavy atom. The molecule has 0 saturated carbocycles. The largest absolute Gasteiger partial charge is 0.462 e. The van der Waals surface area contributed by atoms with Crippen molar-refractivity contribution in [3.8, 4) is 5.75 Å². The molecule has 1 N–H and O–H groups in total. The lowest BCUT2D eigenvalue weighted by Crippen LogP contribution is -2.08. The zero-order valence-corrected chi connectivity index (χ0v) is 9.94. The van der Waals surface area contributed by atoms with Crippen LogP contribution in [0.25, 0.3) is 0 Å². The number of hydrogen-bond donors (Lipinski definition) is 1. The third-order valence-corrected chi connectivity index (χ3v) is 2.13. The molecule has 1 rings (SSSR count). The summed E-state index contributed by atoms with van der Waals surface area (Å²) >= 11 is 0.